The van der Waals surface area contributed by atoms with Gasteiger partial charge >= 0.3 is 0 Å². The first kappa shape index (κ1) is 21.2. The highest BCUT2D eigenvalue weighted by atomic mass is 127. The topological polar surface area (TPSA) is 53.6 Å². The van der Waals surface area contributed by atoms with E-state index < -0.39 is 0 Å². The summed E-state index contributed by atoms with van der Waals surface area (Å²) in [4.78, 5) is 6.95. The molecule has 0 amide bonds. The summed E-state index contributed by atoms with van der Waals surface area (Å²) in [6, 6.07) is 10.8. The number of halogens is 1. The van der Waals surface area contributed by atoms with E-state index in [1.165, 1.54) is 5.56 Å². The molecule has 0 fully saturated rings. The van der Waals surface area contributed by atoms with Gasteiger partial charge in [0.15, 0.2) is 5.96 Å². The zero-order valence-electron chi connectivity index (χ0n) is 14.5. The van der Waals surface area contributed by atoms with Gasteiger partial charge in [-0.25, -0.2) is 0 Å². The number of benzene rings is 1. The third-order valence-corrected chi connectivity index (χ3v) is 3.38. The number of nitrogens with zero attached hydrogens (tertiary/aromatic N) is 2. The van der Waals surface area contributed by atoms with Crippen molar-refractivity contribution >= 4 is 29.9 Å². The first-order valence-electron chi connectivity index (χ1n) is 7.74. The van der Waals surface area contributed by atoms with E-state index in [0.717, 1.165) is 13.1 Å². The number of hydrogen-bond acceptors (Lipinski definition) is 2. The maximum absolute atomic E-state index is 5.99. The molecule has 5 heteroatoms. The van der Waals surface area contributed by atoms with Crippen LogP contribution in [0.15, 0.2) is 35.3 Å². The minimum atomic E-state index is -0.0645. The van der Waals surface area contributed by atoms with E-state index in [1.807, 2.05) is 6.07 Å². The van der Waals surface area contributed by atoms with Gasteiger partial charge in [-0.1, -0.05) is 44.2 Å². The molecule has 0 aliphatic rings. The SMILES string of the molecule is CCN(CC)C(CN=C(N)NC(C)(C)C)c1ccccc1.I. The van der Waals surface area contributed by atoms with Crippen LogP contribution < -0.4 is 11.1 Å². The minimum absolute atomic E-state index is 0. The standard InChI is InChI=1S/C17H30N4.HI/c1-6-21(7-2)15(14-11-9-8-10-12-14)13-19-16(18)20-17(3,4)5;/h8-12,15H,6-7,13H2,1-5H3,(H3,18,19,20);1H. The third-order valence-electron chi connectivity index (χ3n) is 3.38. The van der Waals surface area contributed by atoms with E-state index in [4.69, 9.17) is 5.73 Å². The van der Waals surface area contributed by atoms with Crippen LogP contribution in [0.1, 0.15) is 46.2 Å². The lowest BCUT2D eigenvalue weighted by atomic mass is 10.1. The molecule has 1 atom stereocenters. The van der Waals surface area contributed by atoms with E-state index in [0.29, 0.717) is 12.5 Å². The van der Waals surface area contributed by atoms with Gasteiger partial charge in [0, 0.05) is 5.54 Å². The second-order valence-electron chi connectivity index (χ2n) is 6.25. The van der Waals surface area contributed by atoms with Crippen LogP contribution in [0.25, 0.3) is 0 Å². The lowest BCUT2D eigenvalue weighted by Gasteiger charge is -2.29. The third kappa shape index (κ3) is 7.45. The fraction of sp³-hybridized carbons (Fsp3) is 0.588. The van der Waals surface area contributed by atoms with Crippen LogP contribution in [0.5, 0.6) is 0 Å². The van der Waals surface area contributed by atoms with E-state index in [1.54, 1.807) is 0 Å². The van der Waals surface area contributed by atoms with Crippen LogP contribution in [0.3, 0.4) is 0 Å². The highest BCUT2D eigenvalue weighted by Gasteiger charge is 2.18. The van der Waals surface area contributed by atoms with Crippen molar-refractivity contribution in [3.63, 3.8) is 0 Å². The molecule has 1 rings (SSSR count). The molecule has 4 nitrogen and oxygen atoms in total. The van der Waals surface area contributed by atoms with Gasteiger partial charge in [-0.15, -0.1) is 24.0 Å². The van der Waals surface area contributed by atoms with Crippen molar-refractivity contribution in [3.8, 4) is 0 Å². The van der Waals surface area contributed by atoms with Gasteiger partial charge < -0.3 is 11.1 Å². The molecule has 3 N–H and O–H groups in total. The van der Waals surface area contributed by atoms with Crippen molar-refractivity contribution < 1.29 is 0 Å². The Bertz CT molecular complexity index is 436. The molecule has 0 heterocycles. The van der Waals surface area contributed by atoms with E-state index in [9.17, 15) is 0 Å². The Balaban J connectivity index is 0.00000441. The average molecular weight is 418 g/mol. The number of nitrogens with one attached hydrogen (secondary N) is 1. The number of likely N-dealkylation sites (N-methyl/N-ethyl adjacent to an activating group) is 1. The molecule has 1 aromatic rings. The van der Waals surface area contributed by atoms with Crippen LogP contribution in [0, 0.1) is 0 Å². The summed E-state index contributed by atoms with van der Waals surface area (Å²) in [6.45, 7) is 13.3. The summed E-state index contributed by atoms with van der Waals surface area (Å²) in [5.74, 6) is 0.510. The second kappa shape index (κ2) is 10.0. The Morgan fingerprint density at radius 2 is 1.73 bits per heavy atom. The van der Waals surface area contributed by atoms with E-state index in [-0.39, 0.29) is 35.6 Å². The maximum atomic E-state index is 5.99. The van der Waals surface area contributed by atoms with Crippen LogP contribution >= 0.6 is 24.0 Å². The zero-order chi connectivity index (χ0) is 15.9. The predicted molar refractivity (Wildman–Crippen MR) is 107 cm³/mol. The lowest BCUT2D eigenvalue weighted by Crippen LogP contribution is -2.45. The van der Waals surface area contributed by atoms with Gasteiger partial charge in [-0.05, 0) is 39.4 Å². The average Bonchev–Trinajstić information content (AvgIpc) is 2.42. The number of aliphatic imine (C=N–C) groups is 1. The lowest BCUT2D eigenvalue weighted by molar-refractivity contribution is 0.224. The van der Waals surface area contributed by atoms with Gasteiger partial charge in [-0.3, -0.25) is 9.89 Å². The molecule has 22 heavy (non-hydrogen) atoms. The molecule has 1 unspecified atom stereocenters. The van der Waals surface area contributed by atoms with Crippen molar-refractivity contribution in [1.29, 1.82) is 0 Å². The Morgan fingerprint density at radius 1 is 1.18 bits per heavy atom. The molecule has 0 saturated carbocycles. The monoisotopic (exact) mass is 418 g/mol. The summed E-state index contributed by atoms with van der Waals surface area (Å²) in [6.07, 6.45) is 0. The van der Waals surface area contributed by atoms with Crippen molar-refractivity contribution in [3.05, 3.63) is 35.9 Å². The Morgan fingerprint density at radius 3 is 2.18 bits per heavy atom. The molecule has 1 aromatic carbocycles. The summed E-state index contributed by atoms with van der Waals surface area (Å²) in [7, 11) is 0. The number of nitrogens with two attached hydrogens (primary N) is 1. The van der Waals surface area contributed by atoms with E-state index >= 15 is 0 Å². The second-order valence-corrected chi connectivity index (χ2v) is 6.25. The summed E-state index contributed by atoms with van der Waals surface area (Å²) in [5, 5.41) is 3.21. The quantitative estimate of drug-likeness (QED) is 0.423. The smallest absolute Gasteiger partial charge is 0.189 e. The molecular weight excluding hydrogens is 387 g/mol. The number of rotatable bonds is 6. The Labute approximate surface area is 152 Å². The largest absolute Gasteiger partial charge is 0.370 e. The van der Waals surface area contributed by atoms with Crippen LogP contribution in [0.4, 0.5) is 0 Å². The molecule has 0 aromatic heterocycles. The van der Waals surface area contributed by atoms with E-state index in [2.05, 4.69) is 74.1 Å². The first-order valence-corrected chi connectivity index (χ1v) is 7.74. The predicted octanol–water partition coefficient (Wildman–Crippen LogP) is 3.39. The fourth-order valence-corrected chi connectivity index (χ4v) is 2.38. The highest BCUT2D eigenvalue weighted by Crippen LogP contribution is 2.20. The molecule has 0 aliphatic carbocycles. The molecule has 0 aliphatic heterocycles. The zero-order valence-corrected chi connectivity index (χ0v) is 16.8. The van der Waals surface area contributed by atoms with Gasteiger partial charge in [-0.2, -0.15) is 0 Å². The normalized spacial score (nSPS) is 13.6. The van der Waals surface area contributed by atoms with Crippen LogP contribution in [0.2, 0.25) is 0 Å². The van der Waals surface area contributed by atoms with Gasteiger partial charge in [0.25, 0.3) is 0 Å². The molecule has 126 valence electrons. The summed E-state index contributed by atoms with van der Waals surface area (Å²) in [5.41, 5.74) is 7.21. The molecular formula is C17H31IN4. The highest BCUT2D eigenvalue weighted by molar-refractivity contribution is 14.0. The van der Waals surface area contributed by atoms with Crippen molar-refractivity contribution in [1.82, 2.24) is 10.2 Å². The Hall–Kier alpha value is -0.820. The summed E-state index contributed by atoms with van der Waals surface area (Å²) < 4.78 is 0. The molecule has 0 saturated heterocycles. The molecule has 0 radical (unpaired) electrons. The minimum Gasteiger partial charge on any atom is -0.370 e. The first-order chi connectivity index (χ1) is 9.87. The Kier molecular flexibility index (Phi) is 9.67. The summed E-state index contributed by atoms with van der Waals surface area (Å²) >= 11 is 0. The number of guanidine groups is 1. The fourth-order valence-electron chi connectivity index (χ4n) is 2.38. The molecule has 0 spiro atoms. The maximum Gasteiger partial charge on any atom is 0.189 e. The molecule has 0 bridgehead atoms. The van der Waals surface area contributed by atoms with Crippen LogP contribution in [-0.2, 0) is 0 Å². The van der Waals surface area contributed by atoms with Gasteiger partial charge in [0.2, 0.25) is 0 Å². The number of hydrogen-bond donors (Lipinski definition) is 2. The van der Waals surface area contributed by atoms with Crippen LogP contribution in [-0.4, -0.2) is 36.0 Å². The van der Waals surface area contributed by atoms with Crippen molar-refractivity contribution in [2.24, 2.45) is 10.7 Å². The van der Waals surface area contributed by atoms with Crippen molar-refractivity contribution in [2.45, 2.75) is 46.2 Å². The van der Waals surface area contributed by atoms with Gasteiger partial charge in [0.05, 0.1) is 12.6 Å². The van der Waals surface area contributed by atoms with Gasteiger partial charge in [0.1, 0.15) is 0 Å². The van der Waals surface area contributed by atoms with Crippen molar-refractivity contribution in [2.75, 3.05) is 19.6 Å².